The van der Waals surface area contributed by atoms with Crippen molar-refractivity contribution in [1.82, 2.24) is 15.0 Å². The Hall–Kier alpha value is -2.56. The fourth-order valence-corrected chi connectivity index (χ4v) is 1.71. The van der Waals surface area contributed by atoms with Crippen molar-refractivity contribution in [1.29, 1.82) is 0 Å². The van der Waals surface area contributed by atoms with Crippen LogP contribution in [0.1, 0.15) is 0 Å². The number of nitrogens with two attached hydrogens (primary N) is 1. The van der Waals surface area contributed by atoms with Crippen LogP contribution in [-0.4, -0.2) is 15.0 Å². The maximum Gasteiger partial charge on any atom is 0.135 e. The van der Waals surface area contributed by atoms with Crippen LogP contribution in [0.4, 0.5) is 17.3 Å². The summed E-state index contributed by atoms with van der Waals surface area (Å²) in [6.45, 7) is 0. The van der Waals surface area contributed by atoms with Crippen molar-refractivity contribution in [3.05, 3.63) is 42.9 Å². The van der Waals surface area contributed by atoms with E-state index in [0.717, 1.165) is 11.2 Å². The lowest BCUT2D eigenvalue weighted by Crippen LogP contribution is -1.97. The van der Waals surface area contributed by atoms with Gasteiger partial charge in [-0.25, -0.2) is 9.97 Å². The number of H-pyrrole nitrogens is 1. The predicted octanol–water partition coefficient (Wildman–Crippen LogP) is 2.28. The van der Waals surface area contributed by atoms with Gasteiger partial charge >= 0.3 is 0 Å². The third kappa shape index (κ3) is 1.90. The van der Waals surface area contributed by atoms with Gasteiger partial charge in [-0.2, -0.15) is 0 Å². The van der Waals surface area contributed by atoms with Gasteiger partial charge < -0.3 is 16.0 Å². The number of hydrogen-bond donors (Lipinski definition) is 3. The van der Waals surface area contributed by atoms with Gasteiger partial charge in [0.05, 0.1) is 0 Å². The molecular weight excluding hydrogens is 214 g/mol. The molecule has 5 heteroatoms. The van der Waals surface area contributed by atoms with E-state index in [4.69, 9.17) is 5.73 Å². The molecule has 2 heterocycles. The van der Waals surface area contributed by atoms with E-state index in [2.05, 4.69) is 20.3 Å². The first kappa shape index (κ1) is 9.65. The fourth-order valence-electron chi connectivity index (χ4n) is 1.71. The second-order valence-corrected chi connectivity index (χ2v) is 3.73. The highest BCUT2D eigenvalue weighted by molar-refractivity contribution is 5.83. The summed E-state index contributed by atoms with van der Waals surface area (Å²) in [6, 6.07) is 9.78. The number of hydrogen-bond acceptors (Lipinski definition) is 4. The molecule has 17 heavy (non-hydrogen) atoms. The number of aromatic amines is 1. The second-order valence-electron chi connectivity index (χ2n) is 3.73. The largest absolute Gasteiger partial charge is 0.384 e. The van der Waals surface area contributed by atoms with Gasteiger partial charge in [0.15, 0.2) is 0 Å². The van der Waals surface area contributed by atoms with E-state index in [1.54, 1.807) is 6.07 Å². The Bertz CT molecular complexity index is 659. The van der Waals surface area contributed by atoms with Crippen LogP contribution >= 0.6 is 0 Å². The molecule has 0 radical (unpaired) electrons. The van der Waals surface area contributed by atoms with Crippen molar-refractivity contribution >= 4 is 28.2 Å². The van der Waals surface area contributed by atoms with Crippen LogP contribution in [0, 0.1) is 0 Å². The highest BCUT2D eigenvalue weighted by atomic mass is 15.0. The summed E-state index contributed by atoms with van der Waals surface area (Å²) in [5.41, 5.74) is 7.63. The molecule has 0 bridgehead atoms. The molecule has 2 aromatic heterocycles. The van der Waals surface area contributed by atoms with E-state index in [-0.39, 0.29) is 0 Å². The molecule has 3 aromatic rings. The molecule has 0 amide bonds. The molecule has 5 nitrogen and oxygen atoms in total. The number of anilines is 3. The molecule has 0 aliphatic rings. The fraction of sp³-hybridized carbons (Fsp3) is 0. The van der Waals surface area contributed by atoms with E-state index in [1.807, 2.05) is 30.5 Å². The summed E-state index contributed by atoms with van der Waals surface area (Å²) in [5, 5.41) is 4.35. The molecule has 84 valence electrons. The lowest BCUT2D eigenvalue weighted by Gasteiger charge is -2.05. The number of nitrogens with one attached hydrogen (secondary N) is 2. The minimum absolute atomic E-state index is 0.448. The van der Waals surface area contributed by atoms with Crippen LogP contribution in [0.15, 0.2) is 42.9 Å². The molecule has 0 aliphatic carbocycles. The van der Waals surface area contributed by atoms with Gasteiger partial charge in [-0.1, -0.05) is 6.07 Å². The first-order chi connectivity index (χ1) is 8.31. The standard InChI is InChI=1S/C12H11N5/c13-11-6-12(16-7-15-11)17-9-2-1-8-3-4-14-10(8)5-9/h1-7,14H,(H3,13,15,16,17). The van der Waals surface area contributed by atoms with Crippen molar-refractivity contribution in [2.75, 3.05) is 11.1 Å². The third-order valence-corrected chi connectivity index (χ3v) is 2.52. The first-order valence-electron chi connectivity index (χ1n) is 5.23. The van der Waals surface area contributed by atoms with Crippen LogP contribution in [0.5, 0.6) is 0 Å². The van der Waals surface area contributed by atoms with E-state index in [1.165, 1.54) is 11.7 Å². The van der Waals surface area contributed by atoms with Crippen LogP contribution < -0.4 is 11.1 Å². The van der Waals surface area contributed by atoms with E-state index in [0.29, 0.717) is 11.6 Å². The van der Waals surface area contributed by atoms with E-state index in [9.17, 15) is 0 Å². The SMILES string of the molecule is Nc1cc(Nc2ccc3cc[nH]c3c2)ncn1. The number of aromatic nitrogens is 3. The lowest BCUT2D eigenvalue weighted by atomic mass is 10.2. The highest BCUT2D eigenvalue weighted by Crippen LogP contribution is 2.20. The molecule has 0 spiro atoms. The normalized spacial score (nSPS) is 10.6. The minimum Gasteiger partial charge on any atom is -0.384 e. The Morgan fingerprint density at radius 1 is 1.12 bits per heavy atom. The number of rotatable bonds is 2. The number of nitrogens with zero attached hydrogens (tertiary/aromatic N) is 2. The zero-order chi connectivity index (χ0) is 11.7. The molecule has 0 aliphatic heterocycles. The van der Waals surface area contributed by atoms with Gasteiger partial charge in [0.2, 0.25) is 0 Å². The molecule has 0 fully saturated rings. The zero-order valence-electron chi connectivity index (χ0n) is 9.01. The van der Waals surface area contributed by atoms with Crippen molar-refractivity contribution in [3.8, 4) is 0 Å². The van der Waals surface area contributed by atoms with Crippen molar-refractivity contribution in [2.45, 2.75) is 0 Å². The van der Waals surface area contributed by atoms with Crippen LogP contribution in [0.3, 0.4) is 0 Å². The van der Waals surface area contributed by atoms with Gasteiger partial charge in [0, 0.05) is 23.5 Å². The van der Waals surface area contributed by atoms with Crippen molar-refractivity contribution in [2.24, 2.45) is 0 Å². The molecule has 0 saturated carbocycles. The monoisotopic (exact) mass is 225 g/mol. The first-order valence-corrected chi connectivity index (χ1v) is 5.23. The average molecular weight is 225 g/mol. The molecule has 0 saturated heterocycles. The van der Waals surface area contributed by atoms with Crippen LogP contribution in [0.25, 0.3) is 10.9 Å². The zero-order valence-corrected chi connectivity index (χ0v) is 9.01. The Balaban J connectivity index is 1.94. The van der Waals surface area contributed by atoms with Crippen LogP contribution in [0.2, 0.25) is 0 Å². The van der Waals surface area contributed by atoms with Crippen molar-refractivity contribution in [3.63, 3.8) is 0 Å². The van der Waals surface area contributed by atoms with E-state index < -0.39 is 0 Å². The molecular formula is C12H11N5. The summed E-state index contributed by atoms with van der Waals surface area (Å²) < 4.78 is 0. The summed E-state index contributed by atoms with van der Waals surface area (Å²) in [7, 11) is 0. The molecule has 0 unspecified atom stereocenters. The van der Waals surface area contributed by atoms with E-state index >= 15 is 0 Å². The quantitative estimate of drug-likeness (QED) is 0.625. The number of fused-ring (bicyclic) bond motifs is 1. The number of nitrogen functional groups attached to an aromatic ring is 1. The molecule has 1 aromatic carbocycles. The van der Waals surface area contributed by atoms with Gasteiger partial charge in [0.1, 0.15) is 18.0 Å². The van der Waals surface area contributed by atoms with Gasteiger partial charge in [-0.05, 0) is 23.6 Å². The van der Waals surface area contributed by atoms with Gasteiger partial charge in [-0.3, -0.25) is 0 Å². The number of benzene rings is 1. The highest BCUT2D eigenvalue weighted by Gasteiger charge is 1.99. The summed E-state index contributed by atoms with van der Waals surface area (Å²) in [6.07, 6.45) is 3.35. The maximum atomic E-state index is 5.59. The predicted molar refractivity (Wildman–Crippen MR) is 68.0 cm³/mol. The minimum atomic E-state index is 0.448. The second kappa shape index (κ2) is 3.79. The third-order valence-electron chi connectivity index (χ3n) is 2.52. The molecule has 3 rings (SSSR count). The Morgan fingerprint density at radius 2 is 2.06 bits per heavy atom. The summed E-state index contributed by atoms with van der Waals surface area (Å²) in [5.74, 6) is 1.13. The Kier molecular flexibility index (Phi) is 2.15. The van der Waals surface area contributed by atoms with Gasteiger partial charge in [-0.15, -0.1) is 0 Å². The summed E-state index contributed by atoms with van der Waals surface area (Å²) in [4.78, 5) is 11.1. The topological polar surface area (TPSA) is 79.6 Å². The summed E-state index contributed by atoms with van der Waals surface area (Å²) >= 11 is 0. The average Bonchev–Trinajstić information content (AvgIpc) is 2.76. The van der Waals surface area contributed by atoms with Crippen LogP contribution in [-0.2, 0) is 0 Å². The Morgan fingerprint density at radius 3 is 2.94 bits per heavy atom. The molecule has 4 N–H and O–H groups in total. The maximum absolute atomic E-state index is 5.59. The smallest absolute Gasteiger partial charge is 0.135 e. The molecule has 0 atom stereocenters. The van der Waals surface area contributed by atoms with Crippen molar-refractivity contribution < 1.29 is 0 Å². The Labute approximate surface area is 97.7 Å². The lowest BCUT2D eigenvalue weighted by molar-refractivity contribution is 1.18. The van der Waals surface area contributed by atoms with Gasteiger partial charge in [0.25, 0.3) is 0 Å².